The molecule has 6 nitrogen and oxygen atoms in total. The molecule has 0 bridgehead atoms. The van der Waals surface area contributed by atoms with Gasteiger partial charge in [0.05, 0.1) is 18.5 Å². The Balaban J connectivity index is 1.71. The number of benzene rings is 1. The van der Waals surface area contributed by atoms with Crippen LogP contribution in [-0.2, 0) is 17.9 Å². The van der Waals surface area contributed by atoms with Crippen molar-refractivity contribution in [1.82, 2.24) is 14.8 Å². The van der Waals surface area contributed by atoms with Gasteiger partial charge in [0.15, 0.2) is 0 Å². The third-order valence-electron chi connectivity index (χ3n) is 6.24. The van der Waals surface area contributed by atoms with Crippen LogP contribution < -0.4 is 5.32 Å². The molecule has 0 radical (unpaired) electrons. The summed E-state index contributed by atoms with van der Waals surface area (Å²) in [6.45, 7) is 9.46. The summed E-state index contributed by atoms with van der Waals surface area (Å²) in [6, 6.07) is 15.5. The zero-order valence-corrected chi connectivity index (χ0v) is 19.2. The lowest BCUT2D eigenvalue weighted by atomic mass is 9.93. The molecule has 0 spiro atoms. The summed E-state index contributed by atoms with van der Waals surface area (Å²) in [5.41, 5.74) is 2.48. The first-order chi connectivity index (χ1) is 15.3. The molecule has 0 saturated carbocycles. The molecule has 1 aliphatic heterocycles. The van der Waals surface area contributed by atoms with E-state index in [9.17, 15) is 9.59 Å². The number of nitrogens with zero attached hydrogens (tertiary/aromatic N) is 2. The molecule has 2 amide bonds. The van der Waals surface area contributed by atoms with Crippen molar-refractivity contribution in [2.45, 2.75) is 52.7 Å². The van der Waals surface area contributed by atoms with E-state index in [1.165, 1.54) is 0 Å². The maximum Gasteiger partial charge on any atom is 0.271 e. The highest BCUT2D eigenvalue weighted by Gasteiger charge is 2.47. The molecular weight excluding hydrogens is 402 g/mol. The van der Waals surface area contributed by atoms with Crippen LogP contribution in [-0.4, -0.2) is 33.4 Å². The molecule has 3 aromatic rings. The van der Waals surface area contributed by atoms with Gasteiger partial charge in [0.25, 0.3) is 5.91 Å². The molecule has 6 heteroatoms. The van der Waals surface area contributed by atoms with Gasteiger partial charge >= 0.3 is 0 Å². The van der Waals surface area contributed by atoms with E-state index < -0.39 is 5.54 Å². The maximum atomic E-state index is 13.7. The van der Waals surface area contributed by atoms with E-state index in [-0.39, 0.29) is 11.8 Å². The van der Waals surface area contributed by atoms with Gasteiger partial charge in [-0.1, -0.05) is 43.7 Å². The number of furan rings is 1. The van der Waals surface area contributed by atoms with Crippen molar-refractivity contribution in [3.63, 3.8) is 0 Å². The van der Waals surface area contributed by atoms with Crippen LogP contribution in [0.1, 0.15) is 48.8 Å². The molecule has 0 aliphatic carbocycles. The lowest BCUT2D eigenvalue weighted by molar-refractivity contribution is -0.133. The number of carbonyl (C=O) groups excluding carboxylic acids is 2. The van der Waals surface area contributed by atoms with E-state index >= 15 is 0 Å². The topological polar surface area (TPSA) is 67.5 Å². The molecule has 1 aromatic carbocycles. The molecule has 32 heavy (non-hydrogen) atoms. The van der Waals surface area contributed by atoms with Gasteiger partial charge in [-0.05, 0) is 56.0 Å². The molecule has 1 aliphatic rings. The number of aromatic nitrogens is 1. The first-order valence-corrected chi connectivity index (χ1v) is 11.2. The Hall–Kier alpha value is -3.28. The fraction of sp³-hybridized carbons (Fsp3) is 0.385. The number of amides is 2. The van der Waals surface area contributed by atoms with Gasteiger partial charge < -0.3 is 19.2 Å². The van der Waals surface area contributed by atoms with Crippen LogP contribution in [0, 0.1) is 12.8 Å². The molecule has 2 aromatic heterocycles. The molecule has 1 unspecified atom stereocenters. The molecule has 1 atom stereocenters. The Labute approximate surface area is 189 Å². The third kappa shape index (κ3) is 4.09. The summed E-state index contributed by atoms with van der Waals surface area (Å²) in [4.78, 5) is 28.9. The summed E-state index contributed by atoms with van der Waals surface area (Å²) in [5, 5.41) is 3.08. The fourth-order valence-corrected chi connectivity index (χ4v) is 4.20. The predicted molar refractivity (Wildman–Crippen MR) is 124 cm³/mol. The number of nitrogens with one attached hydrogen (secondary N) is 1. The smallest absolute Gasteiger partial charge is 0.271 e. The second kappa shape index (κ2) is 8.69. The third-order valence-corrected chi connectivity index (χ3v) is 6.24. The summed E-state index contributed by atoms with van der Waals surface area (Å²) in [5.74, 6) is 0.874. The van der Waals surface area contributed by atoms with E-state index in [1.807, 2.05) is 66.9 Å². The number of aryl methyl sites for hydroxylation is 1. The number of hydrogen-bond acceptors (Lipinski definition) is 3. The van der Waals surface area contributed by atoms with E-state index in [4.69, 9.17) is 4.42 Å². The molecule has 4 rings (SSSR count). The Morgan fingerprint density at radius 3 is 2.50 bits per heavy atom. The molecule has 0 fully saturated rings. The Bertz CT molecular complexity index is 1100. The normalized spacial score (nSPS) is 18.2. The first kappa shape index (κ1) is 21.9. The van der Waals surface area contributed by atoms with Crippen molar-refractivity contribution >= 4 is 11.8 Å². The monoisotopic (exact) mass is 433 g/mol. The summed E-state index contributed by atoms with van der Waals surface area (Å²) in [7, 11) is 0. The lowest BCUT2D eigenvalue weighted by Crippen LogP contribution is -2.63. The Morgan fingerprint density at radius 1 is 1.12 bits per heavy atom. The first-order valence-electron chi connectivity index (χ1n) is 11.2. The number of fused-ring (bicyclic) bond motifs is 1. The SMILES string of the molecule is Cc1ccc(CN2C(=O)c3ccc(-c4ccco4)n3CC2(C)C(=O)NCCC(C)C)cc1. The van der Waals surface area contributed by atoms with Crippen LogP contribution in [0.5, 0.6) is 0 Å². The van der Waals surface area contributed by atoms with Crippen molar-refractivity contribution in [2.24, 2.45) is 5.92 Å². The molecule has 3 heterocycles. The highest BCUT2D eigenvalue weighted by atomic mass is 16.3. The van der Waals surface area contributed by atoms with Crippen LogP contribution in [0.4, 0.5) is 0 Å². The van der Waals surface area contributed by atoms with Gasteiger partial charge in [-0.2, -0.15) is 0 Å². The minimum atomic E-state index is -1.04. The molecule has 168 valence electrons. The summed E-state index contributed by atoms with van der Waals surface area (Å²) >= 11 is 0. The second-order valence-corrected chi connectivity index (χ2v) is 9.26. The number of carbonyl (C=O) groups is 2. The average Bonchev–Trinajstić information content (AvgIpc) is 3.41. The largest absolute Gasteiger partial charge is 0.463 e. The van der Waals surface area contributed by atoms with Gasteiger partial charge in [0, 0.05) is 13.1 Å². The van der Waals surface area contributed by atoms with Crippen LogP contribution >= 0.6 is 0 Å². The van der Waals surface area contributed by atoms with E-state index in [0.717, 1.165) is 23.2 Å². The quantitative estimate of drug-likeness (QED) is 0.591. The Morgan fingerprint density at radius 2 is 1.84 bits per heavy atom. The maximum absolute atomic E-state index is 13.7. The standard InChI is InChI=1S/C26H31N3O3/c1-18(2)13-14-27-25(31)26(4)17-28-21(23-6-5-15-32-23)11-12-22(28)24(30)29(26)16-20-9-7-19(3)8-10-20/h5-12,15,18H,13-14,16-17H2,1-4H3,(H,27,31). The van der Waals surface area contributed by atoms with Crippen molar-refractivity contribution in [2.75, 3.05) is 6.54 Å². The minimum absolute atomic E-state index is 0.136. The highest BCUT2D eigenvalue weighted by molar-refractivity contribution is 6.00. The second-order valence-electron chi connectivity index (χ2n) is 9.26. The van der Waals surface area contributed by atoms with Gasteiger partial charge in [-0.3, -0.25) is 9.59 Å². The zero-order chi connectivity index (χ0) is 22.9. The Kier molecular flexibility index (Phi) is 5.96. The van der Waals surface area contributed by atoms with Gasteiger partial charge in [-0.25, -0.2) is 0 Å². The van der Waals surface area contributed by atoms with Gasteiger partial charge in [0.2, 0.25) is 5.91 Å². The van der Waals surface area contributed by atoms with Gasteiger partial charge in [-0.15, -0.1) is 0 Å². The molecular formula is C26H31N3O3. The predicted octanol–water partition coefficient (Wildman–Crippen LogP) is 4.63. The lowest BCUT2D eigenvalue weighted by Gasteiger charge is -2.44. The fourth-order valence-electron chi connectivity index (χ4n) is 4.20. The summed E-state index contributed by atoms with van der Waals surface area (Å²) in [6.07, 6.45) is 2.50. The number of hydrogen-bond donors (Lipinski definition) is 1. The minimum Gasteiger partial charge on any atom is -0.463 e. The summed E-state index contributed by atoms with van der Waals surface area (Å²) < 4.78 is 7.50. The van der Waals surface area contributed by atoms with E-state index in [0.29, 0.717) is 37.0 Å². The van der Waals surface area contributed by atoms with Crippen molar-refractivity contribution in [1.29, 1.82) is 0 Å². The van der Waals surface area contributed by atoms with Crippen LogP contribution in [0.15, 0.2) is 59.2 Å². The van der Waals surface area contributed by atoms with Crippen molar-refractivity contribution in [3.8, 4) is 11.5 Å². The van der Waals surface area contributed by atoms with Crippen molar-refractivity contribution < 1.29 is 14.0 Å². The number of rotatable bonds is 7. The van der Waals surface area contributed by atoms with Crippen LogP contribution in [0.2, 0.25) is 0 Å². The van der Waals surface area contributed by atoms with Crippen molar-refractivity contribution in [3.05, 3.63) is 71.6 Å². The van der Waals surface area contributed by atoms with Crippen LogP contribution in [0.25, 0.3) is 11.5 Å². The average molecular weight is 434 g/mol. The molecule has 0 saturated heterocycles. The zero-order valence-electron chi connectivity index (χ0n) is 19.2. The highest BCUT2D eigenvalue weighted by Crippen LogP contribution is 2.34. The van der Waals surface area contributed by atoms with E-state index in [2.05, 4.69) is 19.2 Å². The van der Waals surface area contributed by atoms with E-state index in [1.54, 1.807) is 11.2 Å². The van der Waals surface area contributed by atoms with Crippen LogP contribution in [0.3, 0.4) is 0 Å². The van der Waals surface area contributed by atoms with Gasteiger partial charge in [0.1, 0.15) is 17.0 Å². The molecule has 1 N–H and O–H groups in total.